The summed E-state index contributed by atoms with van der Waals surface area (Å²) < 4.78 is 5.82. The maximum Gasteiger partial charge on any atom is 0.119 e. The molecule has 0 unspecified atom stereocenters. The number of hydrogen-bond acceptors (Lipinski definition) is 1. The van der Waals surface area contributed by atoms with Crippen molar-refractivity contribution in [3.8, 4) is 0 Å². The SMILES string of the molecule is C=C(c1ccccc1)[C@]1(CCCC)O[C@H]1C. The van der Waals surface area contributed by atoms with Gasteiger partial charge in [-0.15, -0.1) is 0 Å². The molecule has 1 aliphatic heterocycles. The van der Waals surface area contributed by atoms with Crippen LogP contribution < -0.4 is 0 Å². The average molecular weight is 216 g/mol. The first-order valence-corrected chi connectivity index (χ1v) is 6.13. The van der Waals surface area contributed by atoms with Crippen LogP contribution in [0.3, 0.4) is 0 Å². The molecule has 0 saturated carbocycles. The molecule has 1 aromatic carbocycles. The lowest BCUT2D eigenvalue weighted by molar-refractivity contribution is 0.325. The summed E-state index contributed by atoms with van der Waals surface area (Å²) in [4.78, 5) is 0. The summed E-state index contributed by atoms with van der Waals surface area (Å²) in [6.07, 6.45) is 3.83. The van der Waals surface area contributed by atoms with Crippen LogP contribution in [0.1, 0.15) is 38.7 Å². The third kappa shape index (κ3) is 1.92. The predicted molar refractivity (Wildman–Crippen MR) is 68.3 cm³/mol. The fourth-order valence-corrected chi connectivity index (χ4v) is 2.33. The van der Waals surface area contributed by atoms with E-state index in [1.165, 1.54) is 18.4 Å². The first-order chi connectivity index (χ1) is 7.70. The summed E-state index contributed by atoms with van der Waals surface area (Å²) in [6.45, 7) is 8.59. The van der Waals surface area contributed by atoms with Crippen LogP contribution in [-0.4, -0.2) is 11.7 Å². The zero-order valence-electron chi connectivity index (χ0n) is 10.2. The van der Waals surface area contributed by atoms with Gasteiger partial charge in [0.15, 0.2) is 0 Å². The zero-order chi connectivity index (χ0) is 11.6. The molecule has 2 atom stereocenters. The molecule has 2 rings (SSSR count). The van der Waals surface area contributed by atoms with Gasteiger partial charge in [-0.1, -0.05) is 56.7 Å². The van der Waals surface area contributed by atoms with Crippen molar-refractivity contribution >= 4 is 5.57 Å². The fraction of sp³-hybridized carbons (Fsp3) is 0.467. The largest absolute Gasteiger partial charge is 0.361 e. The average Bonchev–Trinajstić information content (AvgIpc) is 2.99. The van der Waals surface area contributed by atoms with Crippen LogP contribution in [-0.2, 0) is 4.74 Å². The third-order valence-corrected chi connectivity index (χ3v) is 3.52. The molecule has 1 aromatic rings. The molecule has 1 heteroatoms. The number of epoxide rings is 1. The van der Waals surface area contributed by atoms with Crippen LogP contribution in [0.15, 0.2) is 36.9 Å². The molecule has 1 saturated heterocycles. The third-order valence-electron chi connectivity index (χ3n) is 3.52. The van der Waals surface area contributed by atoms with Crippen LogP contribution in [0, 0.1) is 0 Å². The molecule has 1 heterocycles. The van der Waals surface area contributed by atoms with E-state index in [4.69, 9.17) is 4.74 Å². The molecule has 0 spiro atoms. The highest BCUT2D eigenvalue weighted by Gasteiger charge is 2.54. The molecule has 86 valence electrons. The van der Waals surface area contributed by atoms with Gasteiger partial charge in [-0.05, 0) is 24.5 Å². The first kappa shape index (κ1) is 11.4. The van der Waals surface area contributed by atoms with Gasteiger partial charge in [0.1, 0.15) is 5.60 Å². The summed E-state index contributed by atoms with van der Waals surface area (Å²) in [5.41, 5.74) is 2.29. The van der Waals surface area contributed by atoms with Crippen LogP contribution in [0.4, 0.5) is 0 Å². The summed E-state index contributed by atoms with van der Waals surface area (Å²) in [6, 6.07) is 10.4. The molecule has 1 fully saturated rings. The lowest BCUT2D eigenvalue weighted by Crippen LogP contribution is -2.15. The predicted octanol–water partition coefficient (Wildman–Crippen LogP) is 4.05. The number of benzene rings is 1. The monoisotopic (exact) mass is 216 g/mol. The number of unbranched alkanes of at least 4 members (excludes halogenated alkanes) is 1. The molecule has 0 radical (unpaired) electrons. The minimum absolute atomic E-state index is 0.0721. The Morgan fingerprint density at radius 2 is 2.00 bits per heavy atom. The van der Waals surface area contributed by atoms with Crippen molar-refractivity contribution in [3.63, 3.8) is 0 Å². The Hall–Kier alpha value is -1.08. The van der Waals surface area contributed by atoms with E-state index in [0.717, 1.165) is 12.0 Å². The topological polar surface area (TPSA) is 12.5 Å². The Morgan fingerprint density at radius 1 is 1.38 bits per heavy atom. The lowest BCUT2D eigenvalue weighted by Gasteiger charge is -2.15. The minimum Gasteiger partial charge on any atom is -0.361 e. The standard InChI is InChI=1S/C15H20O/c1-4-5-11-15(13(3)16-15)12(2)14-9-7-6-8-10-14/h6-10,13H,2,4-5,11H2,1,3H3/t13-,15-/m0/s1. The Balaban J connectivity index is 2.14. The van der Waals surface area contributed by atoms with Crippen molar-refractivity contribution in [1.82, 2.24) is 0 Å². The maximum absolute atomic E-state index is 5.82. The lowest BCUT2D eigenvalue weighted by atomic mass is 9.87. The quantitative estimate of drug-likeness (QED) is 0.676. The van der Waals surface area contributed by atoms with Crippen molar-refractivity contribution in [2.75, 3.05) is 0 Å². The molecule has 0 amide bonds. The minimum atomic E-state index is -0.0721. The Kier molecular flexibility index (Phi) is 3.15. The Morgan fingerprint density at radius 3 is 2.50 bits per heavy atom. The molecule has 0 aliphatic carbocycles. The second-order valence-corrected chi connectivity index (χ2v) is 4.60. The van der Waals surface area contributed by atoms with E-state index < -0.39 is 0 Å². The second-order valence-electron chi connectivity index (χ2n) is 4.60. The van der Waals surface area contributed by atoms with E-state index in [1.54, 1.807) is 0 Å². The highest BCUT2D eigenvalue weighted by molar-refractivity contribution is 5.73. The van der Waals surface area contributed by atoms with Crippen LogP contribution >= 0.6 is 0 Å². The van der Waals surface area contributed by atoms with Crippen LogP contribution in [0.25, 0.3) is 5.57 Å². The molecule has 0 bridgehead atoms. The van der Waals surface area contributed by atoms with Gasteiger partial charge >= 0.3 is 0 Å². The normalized spacial score (nSPS) is 27.8. The summed E-state index contributed by atoms with van der Waals surface area (Å²) in [7, 11) is 0. The molecule has 16 heavy (non-hydrogen) atoms. The van der Waals surface area contributed by atoms with Gasteiger partial charge in [0.05, 0.1) is 6.10 Å². The van der Waals surface area contributed by atoms with E-state index in [-0.39, 0.29) is 5.60 Å². The highest BCUT2D eigenvalue weighted by atomic mass is 16.6. The zero-order valence-corrected chi connectivity index (χ0v) is 10.2. The summed E-state index contributed by atoms with van der Waals surface area (Å²) >= 11 is 0. The van der Waals surface area contributed by atoms with E-state index in [0.29, 0.717) is 6.10 Å². The maximum atomic E-state index is 5.82. The van der Waals surface area contributed by atoms with E-state index in [2.05, 4.69) is 44.7 Å². The van der Waals surface area contributed by atoms with Gasteiger partial charge in [0.25, 0.3) is 0 Å². The molecule has 1 aliphatic rings. The van der Waals surface area contributed by atoms with Crippen LogP contribution in [0.2, 0.25) is 0 Å². The number of hydrogen-bond donors (Lipinski definition) is 0. The first-order valence-electron chi connectivity index (χ1n) is 6.13. The van der Waals surface area contributed by atoms with Crippen LogP contribution in [0.5, 0.6) is 0 Å². The van der Waals surface area contributed by atoms with Crippen molar-refractivity contribution in [3.05, 3.63) is 42.5 Å². The van der Waals surface area contributed by atoms with E-state index in [1.807, 2.05) is 6.07 Å². The van der Waals surface area contributed by atoms with Crippen molar-refractivity contribution < 1.29 is 4.74 Å². The summed E-state index contributed by atoms with van der Waals surface area (Å²) in [5.74, 6) is 0. The number of ether oxygens (including phenoxy) is 1. The van der Waals surface area contributed by atoms with Gasteiger partial charge in [0, 0.05) is 0 Å². The van der Waals surface area contributed by atoms with Gasteiger partial charge in [-0.2, -0.15) is 0 Å². The van der Waals surface area contributed by atoms with E-state index >= 15 is 0 Å². The van der Waals surface area contributed by atoms with Crippen molar-refractivity contribution in [1.29, 1.82) is 0 Å². The van der Waals surface area contributed by atoms with Gasteiger partial charge in [-0.25, -0.2) is 0 Å². The second kappa shape index (κ2) is 4.42. The molecule has 0 aromatic heterocycles. The highest BCUT2D eigenvalue weighted by Crippen LogP contribution is 2.49. The van der Waals surface area contributed by atoms with Gasteiger partial charge < -0.3 is 4.74 Å². The molecule has 1 nitrogen and oxygen atoms in total. The van der Waals surface area contributed by atoms with Crippen molar-refractivity contribution in [2.24, 2.45) is 0 Å². The Labute approximate surface area is 98.1 Å². The Bertz CT molecular complexity index is 368. The molecular formula is C15H20O. The molecule has 0 N–H and O–H groups in total. The molecular weight excluding hydrogens is 196 g/mol. The smallest absolute Gasteiger partial charge is 0.119 e. The summed E-state index contributed by atoms with van der Waals surface area (Å²) in [5, 5.41) is 0. The fourth-order valence-electron chi connectivity index (χ4n) is 2.33. The number of rotatable bonds is 5. The van der Waals surface area contributed by atoms with Gasteiger partial charge in [-0.3, -0.25) is 0 Å². The van der Waals surface area contributed by atoms with E-state index in [9.17, 15) is 0 Å². The van der Waals surface area contributed by atoms with Gasteiger partial charge in [0.2, 0.25) is 0 Å². The van der Waals surface area contributed by atoms with Crippen molar-refractivity contribution in [2.45, 2.75) is 44.8 Å².